The van der Waals surface area contributed by atoms with E-state index < -0.39 is 61.2 Å². The Morgan fingerprint density at radius 2 is 1.08 bits per heavy atom. The molecule has 4 aliphatic carbocycles. The van der Waals surface area contributed by atoms with Crippen LogP contribution in [-0.4, -0.2) is 84.0 Å². The van der Waals surface area contributed by atoms with Crippen molar-refractivity contribution < 1.29 is 38.2 Å². The van der Waals surface area contributed by atoms with Gasteiger partial charge in [0.1, 0.15) is 12.1 Å². The highest BCUT2D eigenvalue weighted by atomic mass is 35.5. The molecule has 8 rings (SSSR count). The molecule has 2 bridgehead atoms. The number of esters is 2. The molecule has 10 unspecified atom stereocenters. The van der Waals surface area contributed by atoms with Crippen molar-refractivity contribution in [2.24, 2.45) is 47.3 Å². The van der Waals surface area contributed by atoms with Gasteiger partial charge in [0.15, 0.2) is 13.5 Å². The molecule has 8 aliphatic rings. The number of imide groups is 2. The number of carbonyl (C=O) groups is 6. The smallest absolute Gasteiger partial charge is 0.324 e. The van der Waals surface area contributed by atoms with Crippen molar-refractivity contribution in [2.75, 3.05) is 26.6 Å². The van der Waals surface area contributed by atoms with Gasteiger partial charge in [0, 0.05) is 0 Å². The second kappa shape index (κ2) is 9.67. The van der Waals surface area contributed by atoms with Crippen molar-refractivity contribution in [1.82, 2.24) is 20.4 Å². The number of fused-ring (bicyclic) bond motifs is 1. The van der Waals surface area contributed by atoms with Crippen molar-refractivity contribution in [3.63, 3.8) is 0 Å². The first-order chi connectivity index (χ1) is 18.4. The average molecular weight is 563 g/mol. The SMILES string of the molecule is Cl.O=C(OCN1C(=O)C2C3C=CC(C2C1=O)C1C2C(=O)N(COC(=O)C4CCCN4)C(=O)C2C31)C1CCCN1. The summed E-state index contributed by atoms with van der Waals surface area (Å²) < 4.78 is 10.6. The van der Waals surface area contributed by atoms with Gasteiger partial charge in [-0.25, -0.2) is 9.80 Å². The maximum Gasteiger partial charge on any atom is 0.324 e. The monoisotopic (exact) mass is 562 g/mol. The summed E-state index contributed by atoms with van der Waals surface area (Å²) in [4.78, 5) is 80.1. The lowest BCUT2D eigenvalue weighted by Crippen LogP contribution is -2.63. The van der Waals surface area contributed by atoms with Gasteiger partial charge in [0.05, 0.1) is 23.7 Å². The molecule has 2 saturated carbocycles. The number of likely N-dealkylation sites (tertiary alicyclic amines) is 2. The summed E-state index contributed by atoms with van der Waals surface area (Å²) in [6.45, 7) is 0.614. The number of allylic oxidation sites excluding steroid dienone is 2. The predicted octanol–water partition coefficient (Wildman–Crippen LogP) is -0.822. The van der Waals surface area contributed by atoms with E-state index in [1.54, 1.807) is 0 Å². The van der Waals surface area contributed by atoms with Crippen LogP contribution < -0.4 is 10.6 Å². The topological polar surface area (TPSA) is 151 Å². The number of nitrogens with zero attached hydrogens (tertiary/aromatic N) is 2. The quantitative estimate of drug-likeness (QED) is 0.238. The minimum Gasteiger partial charge on any atom is -0.443 e. The van der Waals surface area contributed by atoms with Gasteiger partial charge in [0.25, 0.3) is 0 Å². The largest absolute Gasteiger partial charge is 0.443 e. The number of hydrogen-bond donors (Lipinski definition) is 2. The van der Waals surface area contributed by atoms with Crippen LogP contribution in [0.15, 0.2) is 12.2 Å². The summed E-state index contributed by atoms with van der Waals surface area (Å²) in [6.07, 6.45) is 6.87. The summed E-state index contributed by atoms with van der Waals surface area (Å²) >= 11 is 0. The molecule has 4 heterocycles. The van der Waals surface area contributed by atoms with Crippen LogP contribution >= 0.6 is 12.4 Å². The maximum absolute atomic E-state index is 13.4. The fourth-order valence-corrected chi connectivity index (χ4v) is 8.21. The number of amides is 4. The summed E-state index contributed by atoms with van der Waals surface area (Å²) in [5.41, 5.74) is 0. The molecule has 13 heteroatoms. The molecule has 12 nitrogen and oxygen atoms in total. The molecule has 10 atom stereocenters. The van der Waals surface area contributed by atoms with Crippen LogP contribution in [0.4, 0.5) is 0 Å². The lowest BCUT2D eigenvalue weighted by atomic mass is 9.40. The molecule has 4 amide bonds. The molecule has 0 aromatic rings. The third-order valence-corrected chi connectivity index (χ3v) is 9.89. The second-order valence-corrected chi connectivity index (χ2v) is 11.5. The standard InChI is InChI=1S/C26H30N4O8.ClH/c31-21-17-11-5-6-12(18(17)22(32)29(21)9-37-25(35)13-3-1-7-27-13)16-15(11)19-20(16)24(34)30(23(19)33)10-38-26(36)14-4-2-8-28-14;/h5-6,11-20,27-28H,1-4,7-10H2;1H. The third kappa shape index (κ3) is 3.71. The van der Waals surface area contributed by atoms with Crippen molar-refractivity contribution in [2.45, 2.75) is 37.8 Å². The molecule has 6 fully saturated rings. The van der Waals surface area contributed by atoms with Crippen LogP contribution in [-0.2, 0) is 38.2 Å². The molecule has 2 N–H and O–H groups in total. The highest BCUT2D eigenvalue weighted by Gasteiger charge is 2.75. The Morgan fingerprint density at radius 3 is 1.44 bits per heavy atom. The van der Waals surface area contributed by atoms with E-state index in [0.717, 1.165) is 35.7 Å². The molecule has 0 aromatic heterocycles. The van der Waals surface area contributed by atoms with E-state index in [-0.39, 0.29) is 59.7 Å². The number of ether oxygens (including phenoxy) is 2. The molecule has 0 radical (unpaired) electrons. The molecular weight excluding hydrogens is 532 g/mol. The number of rotatable bonds is 6. The van der Waals surface area contributed by atoms with Crippen LogP contribution in [0.3, 0.4) is 0 Å². The van der Waals surface area contributed by atoms with Gasteiger partial charge < -0.3 is 20.1 Å². The second-order valence-electron chi connectivity index (χ2n) is 11.5. The average Bonchev–Trinajstić information content (AvgIpc) is 3.68. The zero-order valence-electron chi connectivity index (χ0n) is 21.2. The first-order valence-corrected chi connectivity index (χ1v) is 13.6. The lowest BCUT2D eigenvalue weighted by molar-refractivity contribution is -0.166. The molecule has 0 spiro atoms. The summed E-state index contributed by atoms with van der Waals surface area (Å²) in [5, 5.41) is 6.08. The lowest BCUT2D eigenvalue weighted by Gasteiger charge is -2.60. The van der Waals surface area contributed by atoms with Gasteiger partial charge in [-0.15, -0.1) is 12.4 Å². The summed E-state index contributed by atoms with van der Waals surface area (Å²) in [7, 11) is 0. The molecule has 210 valence electrons. The van der Waals surface area contributed by atoms with Crippen molar-refractivity contribution in [3.8, 4) is 0 Å². The van der Waals surface area contributed by atoms with Crippen LogP contribution in [0.25, 0.3) is 0 Å². The number of halogens is 1. The normalized spacial score (nSPS) is 41.2. The van der Waals surface area contributed by atoms with E-state index in [1.165, 1.54) is 0 Å². The first-order valence-electron chi connectivity index (χ1n) is 13.6. The highest BCUT2D eigenvalue weighted by molar-refractivity contribution is 6.09. The molecule has 39 heavy (non-hydrogen) atoms. The van der Waals surface area contributed by atoms with Crippen LogP contribution in [0, 0.1) is 47.3 Å². The fourth-order valence-electron chi connectivity index (χ4n) is 8.21. The van der Waals surface area contributed by atoms with Gasteiger partial charge in [-0.2, -0.15) is 0 Å². The minimum absolute atomic E-state index is 0. The Hall–Kier alpha value is -2.83. The Morgan fingerprint density at radius 1 is 0.692 bits per heavy atom. The molecular formula is C26H31ClN4O8. The predicted molar refractivity (Wildman–Crippen MR) is 132 cm³/mol. The molecule has 4 aliphatic heterocycles. The zero-order valence-corrected chi connectivity index (χ0v) is 22.0. The van der Waals surface area contributed by atoms with Crippen LogP contribution in [0.5, 0.6) is 0 Å². The fraction of sp³-hybridized carbons (Fsp3) is 0.692. The number of nitrogens with one attached hydrogen (secondary N) is 2. The van der Waals surface area contributed by atoms with Crippen molar-refractivity contribution in [3.05, 3.63) is 12.2 Å². The van der Waals surface area contributed by atoms with Gasteiger partial charge >= 0.3 is 11.9 Å². The van der Waals surface area contributed by atoms with Crippen molar-refractivity contribution >= 4 is 48.0 Å². The van der Waals surface area contributed by atoms with Crippen LogP contribution in [0.1, 0.15) is 25.7 Å². The van der Waals surface area contributed by atoms with Gasteiger partial charge in [-0.05, 0) is 62.4 Å². The maximum atomic E-state index is 13.4. The molecule has 4 saturated heterocycles. The summed E-state index contributed by atoms with van der Waals surface area (Å²) in [6, 6.07) is -0.845. The van der Waals surface area contributed by atoms with Gasteiger partial charge in [-0.1, -0.05) is 12.2 Å². The van der Waals surface area contributed by atoms with E-state index in [0.29, 0.717) is 12.8 Å². The van der Waals surface area contributed by atoms with Gasteiger partial charge in [0.2, 0.25) is 23.6 Å². The first kappa shape index (κ1) is 26.4. The highest BCUT2D eigenvalue weighted by Crippen LogP contribution is 2.68. The number of hydrogen-bond acceptors (Lipinski definition) is 10. The van der Waals surface area contributed by atoms with E-state index in [4.69, 9.17) is 9.47 Å². The van der Waals surface area contributed by atoms with Gasteiger partial charge in [-0.3, -0.25) is 28.8 Å². The molecule has 0 aromatic carbocycles. The third-order valence-electron chi connectivity index (χ3n) is 9.89. The Kier molecular flexibility index (Phi) is 6.54. The van der Waals surface area contributed by atoms with E-state index in [9.17, 15) is 28.8 Å². The van der Waals surface area contributed by atoms with E-state index >= 15 is 0 Å². The van der Waals surface area contributed by atoms with E-state index in [1.807, 2.05) is 12.2 Å². The Bertz CT molecular complexity index is 1110. The Balaban J connectivity index is 0.00000277. The van der Waals surface area contributed by atoms with Crippen molar-refractivity contribution in [1.29, 1.82) is 0 Å². The van der Waals surface area contributed by atoms with Crippen LogP contribution in [0.2, 0.25) is 0 Å². The Labute approximate surface area is 230 Å². The summed E-state index contributed by atoms with van der Waals surface area (Å²) in [5.74, 6) is -6.09. The van der Waals surface area contributed by atoms with E-state index in [2.05, 4.69) is 10.6 Å². The zero-order chi connectivity index (χ0) is 26.3. The number of carbonyl (C=O) groups excluding carboxylic acids is 6. The minimum atomic E-state index is -0.633.